The molecule has 0 radical (unpaired) electrons. The van der Waals surface area contributed by atoms with Gasteiger partial charge in [-0.05, 0) is 107 Å². The number of aliphatic carboxylic acids is 8. The number of hydrogen-bond donors (Lipinski definition) is 0. The van der Waals surface area contributed by atoms with Gasteiger partial charge in [-0.2, -0.15) is 0 Å². The summed E-state index contributed by atoms with van der Waals surface area (Å²) in [7, 11) is 0. The fraction of sp³-hybridized carbons (Fsp3) is 0.750. The van der Waals surface area contributed by atoms with Crippen molar-refractivity contribution in [3.05, 3.63) is 0 Å². The van der Waals surface area contributed by atoms with Crippen LogP contribution >= 0.6 is 0 Å². The summed E-state index contributed by atoms with van der Waals surface area (Å²) in [4.78, 5) is 163. The van der Waals surface area contributed by atoms with Crippen molar-refractivity contribution in [2.24, 2.45) is 21.7 Å². The minimum absolute atomic E-state index is 0. The van der Waals surface area contributed by atoms with Gasteiger partial charge in [-0.15, -0.1) is 26.4 Å². The number of hydrogen-bond acceptors (Lipinski definition) is 28. The monoisotopic (exact) mass is 1590 g/mol. The van der Waals surface area contributed by atoms with Crippen molar-refractivity contribution in [1.82, 2.24) is 0 Å². The summed E-state index contributed by atoms with van der Waals surface area (Å²) in [6.45, 7) is 31.9. The Bertz CT molecular complexity index is 1670. The van der Waals surface area contributed by atoms with Crippen molar-refractivity contribution in [1.29, 1.82) is 0 Å². The van der Waals surface area contributed by atoms with Gasteiger partial charge in [-0.25, -0.2) is 0 Å². The summed E-state index contributed by atoms with van der Waals surface area (Å²) in [5.41, 5.74) is -5.00. The molecule has 0 aromatic carbocycles. The van der Waals surface area contributed by atoms with Crippen LogP contribution in [0.5, 0.6) is 0 Å². The van der Waals surface area contributed by atoms with Crippen LogP contribution in [-0.2, 0) is 155 Å². The summed E-state index contributed by atoms with van der Waals surface area (Å²) >= 11 is 0. The SMILES string of the molecule is CC(=O)CC(=O)[O-].CC(=O)CC(=O)[O-].CC(=O)CC(=O)[O-].CC(=O)CC(=O)[O-].CCC(CC)(C(C)=O)C(=O)[O-].CCC(CC)(C(C)=O)C(=O)[O-].CCC(CC)(C(C)=O)C(=O)[O-].CCC(CC)(C(C)=O)C(=O)[O-].CCCC[O-].CCCC[O-].CCCC[O-].CCCC[O-].[Zr+4].[Zr+4].[Zr+4]. The zero-order valence-corrected chi connectivity index (χ0v) is 67.3. The Balaban J connectivity index is -0.0000000570. The summed E-state index contributed by atoms with van der Waals surface area (Å²) < 4.78 is 0. The van der Waals surface area contributed by atoms with Gasteiger partial charge in [-0.1, -0.05) is 134 Å². The average Bonchev–Trinajstić information content (AvgIpc) is 0.888. The van der Waals surface area contributed by atoms with Gasteiger partial charge in [0, 0.05) is 49.6 Å². The number of ketones is 8. The van der Waals surface area contributed by atoms with Gasteiger partial charge < -0.3 is 99.6 Å². The molecule has 0 aliphatic carbocycles. The van der Waals surface area contributed by atoms with Gasteiger partial charge in [0.05, 0.1) is 45.5 Å². The predicted octanol–water partition coefficient (Wildman–Crippen LogP) is -4.03. The third-order valence-corrected chi connectivity index (χ3v) is 12.7. The molecule has 0 fully saturated rings. The van der Waals surface area contributed by atoms with E-state index in [0.717, 1.165) is 51.4 Å². The van der Waals surface area contributed by atoms with Crippen LogP contribution in [0, 0.1) is 21.7 Å². The Morgan fingerprint density at radius 2 is 0.337 bits per heavy atom. The zero-order chi connectivity index (χ0) is 76.2. The Morgan fingerprint density at radius 1 is 0.232 bits per heavy atom. The molecule has 0 spiro atoms. The maximum atomic E-state index is 10.9. The third kappa shape index (κ3) is 82.0. The Kier molecular flexibility index (Phi) is 112. The van der Waals surface area contributed by atoms with Gasteiger partial charge in [0.2, 0.25) is 0 Å². The van der Waals surface area contributed by atoms with E-state index < -0.39 is 95.1 Å². The summed E-state index contributed by atoms with van der Waals surface area (Å²) in [6.07, 6.45) is 8.02. The van der Waals surface area contributed by atoms with E-state index in [1.165, 1.54) is 55.4 Å². The van der Waals surface area contributed by atoms with Crippen LogP contribution in [0.4, 0.5) is 0 Å². The number of unbranched alkanes of at least 4 members (excludes halogenated alkanes) is 4. The molecule has 31 heteroatoms. The van der Waals surface area contributed by atoms with E-state index in [4.69, 9.17) is 0 Å². The first kappa shape index (κ1) is 127. The average molecular weight is 1600 g/mol. The zero-order valence-electron chi connectivity index (χ0n) is 59.9. The summed E-state index contributed by atoms with van der Waals surface area (Å²) in [5.74, 6) is -13.0. The van der Waals surface area contributed by atoms with Crippen LogP contribution in [0.25, 0.3) is 0 Å². The van der Waals surface area contributed by atoms with Crippen molar-refractivity contribution in [2.45, 2.75) is 267 Å². The van der Waals surface area contributed by atoms with E-state index in [2.05, 4.69) is 0 Å². The Morgan fingerprint density at radius 3 is 0.337 bits per heavy atom. The molecule has 0 aliphatic rings. The molecule has 0 saturated heterocycles. The largest absolute Gasteiger partial charge is 4.00 e. The van der Waals surface area contributed by atoms with E-state index in [1.54, 1.807) is 55.4 Å². The smallest absolute Gasteiger partial charge is 0.854 e. The molecule has 95 heavy (non-hydrogen) atoms. The Hall–Kier alpha value is -4.39. The molecule has 0 N–H and O–H groups in total. The molecule has 28 nitrogen and oxygen atoms in total. The first-order chi connectivity index (χ1) is 42.2. The van der Waals surface area contributed by atoms with E-state index >= 15 is 0 Å². The van der Waals surface area contributed by atoms with Crippen molar-refractivity contribution in [2.75, 3.05) is 26.4 Å². The standard InChI is InChI=1S/4C8H14O3.4C4H6O3.4C4H9O.3Zr/c4*1-4-8(5-2,6(3)9)7(10)11;4*1-3(5)2-4(6)7;4*1-2-3-4-5;;;/h4*4-5H2,1-3H3,(H,10,11);4*2H2,1H3,(H,6,7);4*2-4H2,1H3;;;/q;;;;;;;;4*-1;3*+4/p-8. The number of carboxylic acids is 8. The van der Waals surface area contributed by atoms with Crippen molar-refractivity contribution >= 4 is 94.0 Å². The van der Waals surface area contributed by atoms with Crippen molar-refractivity contribution < 1.29 is 217 Å². The second-order valence-corrected chi connectivity index (χ2v) is 19.8. The number of carbonyl (C=O) groups excluding carboxylic acids is 16. The number of carboxylic acid groups (broad SMARTS) is 8. The molecular formula is C64H108O28Zr3. The van der Waals surface area contributed by atoms with Gasteiger partial charge in [0.25, 0.3) is 0 Å². The second-order valence-electron chi connectivity index (χ2n) is 19.8. The van der Waals surface area contributed by atoms with Crippen LogP contribution < -0.4 is 61.3 Å². The Labute approximate surface area is 621 Å². The van der Waals surface area contributed by atoms with Gasteiger partial charge in [0.15, 0.2) is 0 Å². The normalized spacial score (nSPS) is 9.35. The van der Waals surface area contributed by atoms with E-state index in [0.29, 0.717) is 51.4 Å². The molecule has 0 amide bonds. The van der Waals surface area contributed by atoms with Crippen LogP contribution in [0.3, 0.4) is 0 Å². The van der Waals surface area contributed by atoms with E-state index in [-0.39, 0.29) is 151 Å². The van der Waals surface area contributed by atoms with Crippen molar-refractivity contribution in [3.8, 4) is 0 Å². The van der Waals surface area contributed by atoms with Gasteiger partial charge in [-0.3, -0.25) is 38.4 Å². The molecule has 0 atom stereocenters. The summed E-state index contributed by atoms with van der Waals surface area (Å²) in [5, 5.41) is 118. The molecule has 0 unspecified atom stereocenters. The van der Waals surface area contributed by atoms with Crippen LogP contribution in [0.15, 0.2) is 0 Å². The molecular weight excluding hydrogens is 1490 g/mol. The quantitative estimate of drug-likeness (QED) is 0.0579. The van der Waals surface area contributed by atoms with Crippen LogP contribution in [0.1, 0.15) is 267 Å². The molecule has 0 rings (SSSR count). The predicted molar refractivity (Wildman–Crippen MR) is 315 cm³/mol. The molecule has 0 saturated carbocycles. The molecule has 0 aromatic rings. The summed E-state index contributed by atoms with van der Waals surface area (Å²) in [6, 6.07) is 0. The maximum Gasteiger partial charge on any atom is 4.00 e. The first-order valence-electron chi connectivity index (χ1n) is 30.2. The molecule has 544 valence electrons. The first-order valence-corrected chi connectivity index (χ1v) is 30.2. The van der Waals surface area contributed by atoms with E-state index in [9.17, 15) is 138 Å². The van der Waals surface area contributed by atoms with E-state index in [1.807, 2.05) is 27.7 Å². The minimum atomic E-state index is -1.31. The molecule has 0 aromatic heterocycles. The molecule has 0 heterocycles. The van der Waals surface area contributed by atoms with Crippen molar-refractivity contribution in [3.63, 3.8) is 0 Å². The number of carbonyl (C=O) groups is 16. The minimum Gasteiger partial charge on any atom is -0.854 e. The topological polar surface area (TPSA) is 550 Å². The van der Waals surface area contributed by atoms with Crippen LogP contribution in [0.2, 0.25) is 0 Å². The van der Waals surface area contributed by atoms with Crippen LogP contribution in [-0.4, -0.2) is 120 Å². The fourth-order valence-electron chi connectivity index (χ4n) is 6.11. The second kappa shape index (κ2) is 83.8. The maximum absolute atomic E-state index is 10.9. The van der Waals surface area contributed by atoms with Gasteiger partial charge >= 0.3 is 78.6 Å². The number of rotatable bonds is 32. The molecule has 0 aliphatic heterocycles. The van der Waals surface area contributed by atoms with Gasteiger partial charge in [0.1, 0.15) is 46.3 Å². The number of Topliss-reactive ketones (excluding diaryl/α,β-unsaturated/α-hetero) is 8. The molecule has 0 bridgehead atoms. The fourth-order valence-corrected chi connectivity index (χ4v) is 6.11. The third-order valence-electron chi connectivity index (χ3n) is 12.7.